The van der Waals surface area contributed by atoms with Crippen LogP contribution in [0, 0.1) is 0 Å². The number of aromatic nitrogens is 5. The normalized spacial score (nSPS) is 14.4. The summed E-state index contributed by atoms with van der Waals surface area (Å²) in [7, 11) is 0. The number of hydrogen-bond acceptors (Lipinski definition) is 4. The highest BCUT2D eigenvalue weighted by Gasteiger charge is 2.19. The van der Waals surface area contributed by atoms with Crippen molar-refractivity contribution in [3.05, 3.63) is 96.1 Å². The first-order chi connectivity index (χ1) is 14.9. The van der Waals surface area contributed by atoms with E-state index in [4.69, 9.17) is 0 Å². The van der Waals surface area contributed by atoms with Crippen LogP contribution in [-0.4, -0.2) is 42.3 Å². The van der Waals surface area contributed by atoms with Crippen LogP contribution in [0.25, 0.3) is 5.69 Å². The highest BCUT2D eigenvalue weighted by atomic mass is 15.3. The van der Waals surface area contributed by atoms with Crippen molar-refractivity contribution in [3.63, 3.8) is 0 Å². The van der Waals surface area contributed by atoms with E-state index in [0.29, 0.717) is 0 Å². The van der Waals surface area contributed by atoms with Gasteiger partial charge in [-0.05, 0) is 36.2 Å². The molecule has 0 unspecified atom stereocenters. The molecule has 4 aromatic rings. The lowest BCUT2D eigenvalue weighted by molar-refractivity contribution is 0.266. The van der Waals surface area contributed by atoms with Gasteiger partial charge in [-0.1, -0.05) is 30.3 Å². The molecule has 6 heteroatoms. The van der Waals surface area contributed by atoms with Crippen LogP contribution in [0.5, 0.6) is 0 Å². The molecule has 6 nitrogen and oxygen atoms in total. The molecule has 0 amide bonds. The van der Waals surface area contributed by atoms with Gasteiger partial charge in [0.25, 0.3) is 0 Å². The Hall–Kier alpha value is -3.25. The van der Waals surface area contributed by atoms with Crippen molar-refractivity contribution in [2.45, 2.75) is 32.4 Å². The lowest BCUT2D eigenvalue weighted by atomic mass is 10.1. The minimum atomic E-state index is 0.916. The van der Waals surface area contributed by atoms with Gasteiger partial charge in [-0.15, -0.1) is 10.2 Å². The van der Waals surface area contributed by atoms with Gasteiger partial charge in [0.05, 0.1) is 11.9 Å². The van der Waals surface area contributed by atoms with Crippen molar-refractivity contribution in [1.82, 2.24) is 29.2 Å². The molecule has 5 rings (SSSR count). The maximum atomic E-state index is 4.50. The van der Waals surface area contributed by atoms with Gasteiger partial charge in [0.15, 0.2) is 0 Å². The standard InChI is InChI=1S/C24H26N6/c1-2-6-20(7-3-1)10-11-23-26-27-24-12-15-28(16-17-30(23)24)19-22-9-5-14-29(22)21-8-4-13-25-18-21/h1-9,13-14,18H,10-12,15-17,19H2. The fourth-order valence-electron chi connectivity index (χ4n) is 4.19. The van der Waals surface area contributed by atoms with E-state index in [0.717, 1.165) is 62.8 Å². The first kappa shape index (κ1) is 18.8. The van der Waals surface area contributed by atoms with Crippen LogP contribution in [0.4, 0.5) is 0 Å². The van der Waals surface area contributed by atoms with Crippen molar-refractivity contribution >= 4 is 0 Å². The van der Waals surface area contributed by atoms with Gasteiger partial charge >= 0.3 is 0 Å². The van der Waals surface area contributed by atoms with Crippen molar-refractivity contribution in [1.29, 1.82) is 0 Å². The molecule has 0 bridgehead atoms. The topological polar surface area (TPSA) is 51.8 Å². The summed E-state index contributed by atoms with van der Waals surface area (Å²) in [5, 5.41) is 8.99. The molecule has 0 saturated carbocycles. The minimum Gasteiger partial charge on any atom is -0.318 e. The average Bonchev–Trinajstić information content (AvgIpc) is 3.37. The second-order valence-electron chi connectivity index (χ2n) is 7.78. The molecule has 0 aliphatic carbocycles. The van der Waals surface area contributed by atoms with Crippen LogP contribution >= 0.6 is 0 Å². The largest absolute Gasteiger partial charge is 0.318 e. The molecular weight excluding hydrogens is 372 g/mol. The van der Waals surface area contributed by atoms with Gasteiger partial charge in [-0.25, -0.2) is 0 Å². The number of nitrogens with zero attached hydrogens (tertiary/aromatic N) is 6. The fourth-order valence-corrected chi connectivity index (χ4v) is 4.19. The van der Waals surface area contributed by atoms with Crippen molar-refractivity contribution in [2.75, 3.05) is 13.1 Å². The smallest absolute Gasteiger partial charge is 0.134 e. The third-order valence-electron chi connectivity index (χ3n) is 5.82. The molecular formula is C24H26N6. The van der Waals surface area contributed by atoms with E-state index in [-0.39, 0.29) is 0 Å². The van der Waals surface area contributed by atoms with Crippen LogP contribution in [0.3, 0.4) is 0 Å². The predicted octanol–water partition coefficient (Wildman–Crippen LogP) is 3.31. The van der Waals surface area contributed by atoms with Crippen molar-refractivity contribution in [2.24, 2.45) is 0 Å². The highest BCUT2D eigenvalue weighted by Crippen LogP contribution is 2.17. The maximum Gasteiger partial charge on any atom is 0.134 e. The molecule has 0 saturated heterocycles. The molecule has 1 aliphatic heterocycles. The highest BCUT2D eigenvalue weighted by molar-refractivity contribution is 5.32. The summed E-state index contributed by atoms with van der Waals surface area (Å²) >= 11 is 0. The molecule has 0 fully saturated rings. The van der Waals surface area contributed by atoms with Crippen molar-refractivity contribution < 1.29 is 0 Å². The third kappa shape index (κ3) is 4.04. The van der Waals surface area contributed by atoms with E-state index in [1.54, 1.807) is 0 Å². The van der Waals surface area contributed by atoms with E-state index in [9.17, 15) is 0 Å². The van der Waals surface area contributed by atoms with E-state index >= 15 is 0 Å². The SMILES string of the molecule is c1ccc(CCc2nnc3n2CCN(Cc2cccn2-c2cccnc2)CC3)cc1. The fraction of sp³-hybridized carbons (Fsp3) is 0.292. The van der Waals surface area contributed by atoms with E-state index < -0.39 is 0 Å². The summed E-state index contributed by atoms with van der Waals surface area (Å²) in [6.07, 6.45) is 8.70. The zero-order valence-electron chi connectivity index (χ0n) is 17.1. The number of hydrogen-bond donors (Lipinski definition) is 0. The Bertz CT molecular complexity index is 1080. The maximum absolute atomic E-state index is 4.50. The summed E-state index contributed by atoms with van der Waals surface area (Å²) in [4.78, 5) is 6.77. The summed E-state index contributed by atoms with van der Waals surface area (Å²) in [5.74, 6) is 2.22. The first-order valence-corrected chi connectivity index (χ1v) is 10.6. The molecule has 0 spiro atoms. The molecule has 1 aliphatic rings. The second kappa shape index (κ2) is 8.63. The number of rotatable bonds is 6. The van der Waals surface area contributed by atoms with Gasteiger partial charge in [0, 0.05) is 57.1 Å². The Kier molecular flexibility index (Phi) is 5.40. The minimum absolute atomic E-state index is 0.916. The molecule has 0 radical (unpaired) electrons. The molecule has 4 heterocycles. The quantitative estimate of drug-likeness (QED) is 0.500. The van der Waals surface area contributed by atoms with Crippen LogP contribution in [0.15, 0.2) is 73.2 Å². The van der Waals surface area contributed by atoms with Crippen LogP contribution in [0.2, 0.25) is 0 Å². The molecule has 30 heavy (non-hydrogen) atoms. The molecule has 0 atom stereocenters. The van der Waals surface area contributed by atoms with Gasteiger partial charge in [0.2, 0.25) is 0 Å². The Labute approximate surface area is 176 Å². The monoisotopic (exact) mass is 398 g/mol. The van der Waals surface area contributed by atoms with E-state index in [2.05, 4.69) is 83.9 Å². The van der Waals surface area contributed by atoms with Crippen LogP contribution in [-0.2, 0) is 32.4 Å². The van der Waals surface area contributed by atoms with E-state index in [1.807, 2.05) is 18.5 Å². The number of pyridine rings is 1. The number of benzene rings is 1. The van der Waals surface area contributed by atoms with Crippen LogP contribution in [0.1, 0.15) is 22.9 Å². The predicted molar refractivity (Wildman–Crippen MR) is 116 cm³/mol. The molecule has 3 aromatic heterocycles. The average molecular weight is 399 g/mol. The summed E-state index contributed by atoms with van der Waals surface area (Å²) < 4.78 is 4.56. The summed E-state index contributed by atoms with van der Waals surface area (Å²) in [6, 6.07) is 19.0. The summed E-state index contributed by atoms with van der Waals surface area (Å²) in [6.45, 7) is 3.86. The second-order valence-corrected chi connectivity index (χ2v) is 7.78. The Morgan fingerprint density at radius 3 is 2.63 bits per heavy atom. The van der Waals surface area contributed by atoms with Gasteiger partial charge in [-0.3, -0.25) is 9.88 Å². The first-order valence-electron chi connectivity index (χ1n) is 10.6. The molecule has 152 valence electrons. The van der Waals surface area contributed by atoms with Crippen molar-refractivity contribution in [3.8, 4) is 5.69 Å². The van der Waals surface area contributed by atoms with E-state index in [1.165, 1.54) is 11.3 Å². The number of fused-ring (bicyclic) bond motifs is 1. The number of aryl methyl sites for hydroxylation is 2. The Morgan fingerprint density at radius 1 is 0.833 bits per heavy atom. The zero-order valence-corrected chi connectivity index (χ0v) is 17.1. The zero-order chi connectivity index (χ0) is 20.2. The molecule has 1 aromatic carbocycles. The van der Waals surface area contributed by atoms with Gasteiger partial charge in [-0.2, -0.15) is 0 Å². The Morgan fingerprint density at radius 2 is 1.77 bits per heavy atom. The lowest BCUT2D eigenvalue weighted by Crippen LogP contribution is -2.27. The van der Waals surface area contributed by atoms with Gasteiger partial charge < -0.3 is 9.13 Å². The van der Waals surface area contributed by atoms with Gasteiger partial charge in [0.1, 0.15) is 11.6 Å². The Balaban J connectivity index is 1.25. The molecule has 0 N–H and O–H groups in total. The third-order valence-corrected chi connectivity index (χ3v) is 5.82. The summed E-state index contributed by atoms with van der Waals surface area (Å²) in [5.41, 5.74) is 3.74. The van der Waals surface area contributed by atoms with Crippen LogP contribution < -0.4 is 0 Å². The lowest BCUT2D eigenvalue weighted by Gasteiger charge is -2.21.